The molecule has 36 heavy (non-hydrogen) atoms. The molecule has 0 aromatic rings. The number of hydrogen-bond donors (Lipinski definition) is 2. The zero-order chi connectivity index (χ0) is 29.0. The van der Waals surface area contributed by atoms with Crippen LogP contribution in [0.1, 0.15) is 158 Å². The van der Waals surface area contributed by atoms with Gasteiger partial charge in [-0.1, -0.05) is 132 Å². The quantitative estimate of drug-likeness (QED) is 0.101. The van der Waals surface area contributed by atoms with Gasteiger partial charge in [0.05, 0.1) is 0 Å². The van der Waals surface area contributed by atoms with Crippen molar-refractivity contribution in [2.24, 2.45) is 23.7 Å². The van der Waals surface area contributed by atoms with Crippen molar-refractivity contribution >= 4 is 0 Å². The number of aliphatic hydroxyl groups excluding tert-OH is 2. The third-order valence-electron chi connectivity index (χ3n) is 5.44. The average molecular weight is 551 g/mol. The SMILES string of the molecule is CC(C)CCCCCO.CC(C)CCCCCO.[CH2-]CCCCC(C)C.[CH2-]CCCCC(C)C.[O]=[Ti+2]. The molecule has 0 rings (SSSR count). The molecule has 220 valence electrons. The van der Waals surface area contributed by atoms with Crippen LogP contribution in [-0.4, -0.2) is 23.4 Å². The summed E-state index contributed by atoms with van der Waals surface area (Å²) in [6.07, 6.45) is 19.8. The monoisotopic (exact) mass is 550 g/mol. The third-order valence-corrected chi connectivity index (χ3v) is 5.44. The van der Waals surface area contributed by atoms with Crippen LogP contribution in [0.4, 0.5) is 0 Å². The summed E-state index contributed by atoms with van der Waals surface area (Å²) in [5, 5.41) is 16.9. The Hall–Kier alpha value is 0.434. The Morgan fingerprint density at radius 3 is 0.833 bits per heavy atom. The van der Waals surface area contributed by atoms with E-state index in [0.717, 1.165) is 69.8 Å². The van der Waals surface area contributed by atoms with E-state index in [1.807, 2.05) is 0 Å². The van der Waals surface area contributed by atoms with Crippen molar-refractivity contribution in [3.63, 3.8) is 0 Å². The molecule has 0 aliphatic rings. The Balaban J connectivity index is -0.000000116. The molecule has 0 atom stereocenters. The van der Waals surface area contributed by atoms with Gasteiger partial charge in [0.15, 0.2) is 0 Å². The van der Waals surface area contributed by atoms with Crippen molar-refractivity contribution in [1.29, 1.82) is 0 Å². The molecule has 0 heterocycles. The maximum absolute atomic E-state index is 8.43. The summed E-state index contributed by atoms with van der Waals surface area (Å²) in [6.45, 7) is 26.3. The third kappa shape index (κ3) is 76.5. The number of hydrogen-bond acceptors (Lipinski definition) is 3. The zero-order valence-electron chi connectivity index (χ0n) is 26.3. The Kier molecular flexibility index (Phi) is 58.3. The van der Waals surface area contributed by atoms with Gasteiger partial charge in [0.2, 0.25) is 0 Å². The molecule has 4 heteroatoms. The second-order valence-electron chi connectivity index (χ2n) is 11.4. The van der Waals surface area contributed by atoms with Crippen LogP contribution >= 0.6 is 0 Å². The first-order valence-electron chi connectivity index (χ1n) is 15.1. The van der Waals surface area contributed by atoms with Gasteiger partial charge in [0.25, 0.3) is 0 Å². The normalized spacial score (nSPS) is 10.2. The van der Waals surface area contributed by atoms with E-state index in [0.29, 0.717) is 13.2 Å². The van der Waals surface area contributed by atoms with Crippen molar-refractivity contribution in [2.75, 3.05) is 13.2 Å². The molecular formula is C32H70O3Ti. The van der Waals surface area contributed by atoms with E-state index in [9.17, 15) is 0 Å². The fourth-order valence-corrected chi connectivity index (χ4v) is 3.14. The van der Waals surface area contributed by atoms with E-state index in [1.165, 1.54) is 77.0 Å². The molecule has 0 aromatic heterocycles. The van der Waals surface area contributed by atoms with Gasteiger partial charge in [-0.2, -0.15) is 12.8 Å². The Morgan fingerprint density at radius 1 is 0.444 bits per heavy atom. The van der Waals surface area contributed by atoms with Gasteiger partial charge in [-0.05, 0) is 36.5 Å². The number of aliphatic hydroxyl groups is 2. The van der Waals surface area contributed by atoms with Crippen molar-refractivity contribution < 1.29 is 33.9 Å². The van der Waals surface area contributed by atoms with Gasteiger partial charge < -0.3 is 24.1 Å². The van der Waals surface area contributed by atoms with E-state index in [-0.39, 0.29) is 0 Å². The molecule has 0 amide bonds. The Labute approximate surface area is 242 Å². The number of rotatable bonds is 18. The standard InChI is InChI=1S/2C8H18O.2C8H17.O.Ti/c2*1-8(2)6-4-3-5-7-9;2*1-4-5-6-7-8(2)3;;/h2*8-9H,3-7H2,1-2H3;2*8H,1,4-7H2,2-3H3;;/q;;2*-1;;+2. The van der Waals surface area contributed by atoms with Gasteiger partial charge >= 0.3 is 23.7 Å². The van der Waals surface area contributed by atoms with Crippen molar-refractivity contribution in [1.82, 2.24) is 0 Å². The fraction of sp³-hybridized carbons (Fsp3) is 0.938. The van der Waals surface area contributed by atoms with Gasteiger partial charge in [-0.25, -0.2) is 0 Å². The van der Waals surface area contributed by atoms with Crippen LogP contribution in [0.15, 0.2) is 0 Å². The van der Waals surface area contributed by atoms with Gasteiger partial charge in [-0.3, -0.25) is 0 Å². The van der Waals surface area contributed by atoms with Gasteiger partial charge in [0.1, 0.15) is 0 Å². The maximum atomic E-state index is 8.43. The second kappa shape index (κ2) is 45.4. The summed E-state index contributed by atoms with van der Waals surface area (Å²) >= 11 is 0.750. The van der Waals surface area contributed by atoms with Crippen LogP contribution in [-0.2, 0) is 23.7 Å². The zero-order valence-corrected chi connectivity index (χ0v) is 27.8. The Morgan fingerprint density at radius 2 is 0.667 bits per heavy atom. The molecular weight excluding hydrogens is 480 g/mol. The molecule has 0 aromatic carbocycles. The summed E-state index contributed by atoms with van der Waals surface area (Å²) in [7, 11) is 0. The molecule has 0 saturated heterocycles. The van der Waals surface area contributed by atoms with Crippen LogP contribution in [0.2, 0.25) is 0 Å². The summed E-state index contributed by atoms with van der Waals surface area (Å²) in [5.41, 5.74) is 0. The summed E-state index contributed by atoms with van der Waals surface area (Å²) < 4.78 is 8.25. The predicted molar refractivity (Wildman–Crippen MR) is 159 cm³/mol. The summed E-state index contributed by atoms with van der Waals surface area (Å²) in [6, 6.07) is 0. The molecule has 0 spiro atoms. The van der Waals surface area contributed by atoms with E-state index < -0.39 is 0 Å². The molecule has 0 radical (unpaired) electrons. The average Bonchev–Trinajstić information content (AvgIpc) is 2.82. The molecule has 0 aliphatic carbocycles. The molecule has 0 unspecified atom stereocenters. The van der Waals surface area contributed by atoms with Crippen molar-refractivity contribution in [3.05, 3.63) is 13.8 Å². The Bertz CT molecular complexity index is 291. The first-order valence-corrected chi connectivity index (χ1v) is 15.7. The minimum absolute atomic E-state index is 0.359. The van der Waals surface area contributed by atoms with Crippen molar-refractivity contribution in [3.8, 4) is 0 Å². The number of unbranched alkanes of at least 4 members (excludes halogenated alkanes) is 8. The fourth-order valence-electron chi connectivity index (χ4n) is 3.14. The topological polar surface area (TPSA) is 57.5 Å². The van der Waals surface area contributed by atoms with E-state index in [1.54, 1.807) is 0 Å². The molecule has 0 bridgehead atoms. The van der Waals surface area contributed by atoms with Crippen molar-refractivity contribution in [2.45, 2.75) is 158 Å². The van der Waals surface area contributed by atoms with Crippen LogP contribution < -0.4 is 0 Å². The van der Waals surface area contributed by atoms with Crippen LogP contribution in [0, 0.1) is 37.5 Å². The van der Waals surface area contributed by atoms with Crippen LogP contribution in [0.3, 0.4) is 0 Å². The molecule has 2 N–H and O–H groups in total. The van der Waals surface area contributed by atoms with Crippen LogP contribution in [0.5, 0.6) is 0 Å². The van der Waals surface area contributed by atoms with Gasteiger partial charge in [0, 0.05) is 13.2 Å². The summed E-state index contributed by atoms with van der Waals surface area (Å²) in [5.74, 6) is 3.40. The first-order chi connectivity index (χ1) is 17.1. The molecule has 0 fully saturated rings. The summed E-state index contributed by atoms with van der Waals surface area (Å²) in [4.78, 5) is 0. The second-order valence-corrected chi connectivity index (χ2v) is 11.4. The predicted octanol–water partition coefficient (Wildman–Crippen LogP) is 10.3. The van der Waals surface area contributed by atoms with E-state index >= 15 is 0 Å². The molecule has 0 saturated carbocycles. The first kappa shape index (κ1) is 46.3. The van der Waals surface area contributed by atoms with Crippen LogP contribution in [0.25, 0.3) is 0 Å². The van der Waals surface area contributed by atoms with Gasteiger partial charge in [-0.15, -0.1) is 0 Å². The molecule has 0 aliphatic heterocycles. The van der Waals surface area contributed by atoms with E-state index in [2.05, 4.69) is 69.2 Å². The molecule has 3 nitrogen and oxygen atoms in total. The van der Waals surface area contributed by atoms with E-state index in [4.69, 9.17) is 13.5 Å². The minimum atomic E-state index is 0.359.